The third kappa shape index (κ3) is 3.32. The van der Waals surface area contributed by atoms with Crippen LogP contribution in [-0.4, -0.2) is 0 Å². The molecule has 0 bridgehead atoms. The minimum absolute atomic E-state index is 0.955. The predicted molar refractivity (Wildman–Crippen MR) is 59.7 cm³/mol. The molecule has 0 aromatic rings. The Balaban J connectivity index is 2.49. The third-order valence-electron chi connectivity index (χ3n) is 3.88. The maximum absolute atomic E-state index is 2.45. The van der Waals surface area contributed by atoms with Gasteiger partial charge in [-0.05, 0) is 42.9 Å². The lowest BCUT2D eigenvalue weighted by atomic mass is 9.87. The van der Waals surface area contributed by atoms with Crippen molar-refractivity contribution in [3.63, 3.8) is 0 Å². The van der Waals surface area contributed by atoms with Crippen molar-refractivity contribution in [3.05, 3.63) is 0 Å². The van der Waals surface area contributed by atoms with Gasteiger partial charge in [0.15, 0.2) is 0 Å². The van der Waals surface area contributed by atoms with Gasteiger partial charge in [0, 0.05) is 0 Å². The van der Waals surface area contributed by atoms with Gasteiger partial charge in [-0.15, -0.1) is 0 Å². The molecule has 1 fully saturated rings. The molecule has 13 heavy (non-hydrogen) atoms. The summed E-state index contributed by atoms with van der Waals surface area (Å²) in [4.78, 5) is 0. The number of hydrogen-bond acceptors (Lipinski definition) is 0. The molecule has 1 aliphatic rings. The first-order valence-corrected chi connectivity index (χ1v) is 6.13. The van der Waals surface area contributed by atoms with Crippen molar-refractivity contribution in [2.24, 2.45) is 23.7 Å². The molecule has 1 rings (SSSR count). The zero-order chi connectivity index (χ0) is 9.84. The van der Waals surface area contributed by atoms with E-state index in [-0.39, 0.29) is 0 Å². The molecular weight excluding hydrogens is 156 g/mol. The van der Waals surface area contributed by atoms with E-state index in [1.54, 1.807) is 0 Å². The maximum atomic E-state index is 2.45. The van der Waals surface area contributed by atoms with Gasteiger partial charge in [0.25, 0.3) is 0 Å². The van der Waals surface area contributed by atoms with E-state index in [0.717, 1.165) is 23.7 Å². The van der Waals surface area contributed by atoms with Gasteiger partial charge in [0.1, 0.15) is 0 Å². The molecule has 0 aliphatic heterocycles. The van der Waals surface area contributed by atoms with Crippen LogP contribution >= 0.6 is 0 Å². The second-order valence-electron chi connectivity index (χ2n) is 5.42. The van der Waals surface area contributed by atoms with Crippen LogP contribution in [0.5, 0.6) is 0 Å². The maximum Gasteiger partial charge on any atom is -0.0409 e. The highest BCUT2D eigenvalue weighted by Crippen LogP contribution is 2.36. The summed E-state index contributed by atoms with van der Waals surface area (Å²) in [7, 11) is 0. The number of hydrogen-bond donors (Lipinski definition) is 0. The van der Waals surface area contributed by atoms with Crippen molar-refractivity contribution in [1.82, 2.24) is 0 Å². The van der Waals surface area contributed by atoms with Gasteiger partial charge in [-0.1, -0.05) is 40.5 Å². The molecule has 0 aromatic heterocycles. The molecule has 0 nitrogen and oxygen atoms in total. The van der Waals surface area contributed by atoms with E-state index in [0.29, 0.717) is 0 Å². The topological polar surface area (TPSA) is 0 Å². The molecule has 4 unspecified atom stereocenters. The molecule has 0 heteroatoms. The quantitative estimate of drug-likeness (QED) is 0.552. The second kappa shape index (κ2) is 5.02. The smallest absolute Gasteiger partial charge is 0.0409 e. The number of rotatable bonds is 2. The Morgan fingerprint density at radius 3 is 2.15 bits per heavy atom. The standard InChI is InChI=1S/C13H26/c1-5-6-13-8-10(2)7-11(3)12(4)9-13/h10-13H,5-9H2,1-4H3. The summed E-state index contributed by atoms with van der Waals surface area (Å²) in [6, 6.07) is 0. The second-order valence-corrected chi connectivity index (χ2v) is 5.42. The highest BCUT2D eigenvalue weighted by molar-refractivity contribution is 4.76. The van der Waals surface area contributed by atoms with E-state index in [9.17, 15) is 0 Å². The highest BCUT2D eigenvalue weighted by atomic mass is 14.3. The van der Waals surface area contributed by atoms with E-state index in [2.05, 4.69) is 27.7 Å². The summed E-state index contributed by atoms with van der Waals surface area (Å²) >= 11 is 0. The van der Waals surface area contributed by atoms with Gasteiger partial charge >= 0.3 is 0 Å². The van der Waals surface area contributed by atoms with E-state index in [4.69, 9.17) is 0 Å². The van der Waals surface area contributed by atoms with Gasteiger partial charge in [-0.3, -0.25) is 0 Å². The van der Waals surface area contributed by atoms with Crippen LogP contribution in [0.4, 0.5) is 0 Å². The Morgan fingerprint density at radius 1 is 0.923 bits per heavy atom. The third-order valence-corrected chi connectivity index (χ3v) is 3.88. The lowest BCUT2D eigenvalue weighted by Crippen LogP contribution is -2.08. The minimum Gasteiger partial charge on any atom is -0.0654 e. The van der Waals surface area contributed by atoms with Crippen LogP contribution in [0.25, 0.3) is 0 Å². The van der Waals surface area contributed by atoms with Gasteiger partial charge in [-0.25, -0.2) is 0 Å². The van der Waals surface area contributed by atoms with Crippen LogP contribution in [0.1, 0.15) is 59.8 Å². The Hall–Kier alpha value is 0. The van der Waals surface area contributed by atoms with Crippen LogP contribution < -0.4 is 0 Å². The average Bonchev–Trinajstić information content (AvgIpc) is 2.13. The molecule has 0 heterocycles. The summed E-state index contributed by atoms with van der Waals surface area (Å²) in [5.74, 6) is 3.91. The minimum atomic E-state index is 0.955. The lowest BCUT2D eigenvalue weighted by molar-refractivity contribution is 0.320. The fraction of sp³-hybridized carbons (Fsp3) is 1.00. The molecule has 0 spiro atoms. The fourth-order valence-electron chi connectivity index (χ4n) is 3.03. The Morgan fingerprint density at radius 2 is 1.54 bits per heavy atom. The van der Waals surface area contributed by atoms with Crippen LogP contribution in [0.3, 0.4) is 0 Å². The molecule has 1 saturated carbocycles. The summed E-state index contributed by atoms with van der Waals surface area (Å²) in [5.41, 5.74) is 0. The van der Waals surface area contributed by atoms with Gasteiger partial charge < -0.3 is 0 Å². The molecule has 1 aliphatic carbocycles. The van der Waals surface area contributed by atoms with Gasteiger partial charge in [0.05, 0.1) is 0 Å². The van der Waals surface area contributed by atoms with Crippen LogP contribution in [-0.2, 0) is 0 Å². The highest BCUT2D eigenvalue weighted by Gasteiger charge is 2.25. The van der Waals surface area contributed by atoms with Gasteiger partial charge in [-0.2, -0.15) is 0 Å². The predicted octanol–water partition coefficient (Wildman–Crippen LogP) is 4.49. The van der Waals surface area contributed by atoms with Crippen LogP contribution in [0, 0.1) is 23.7 Å². The molecule has 78 valence electrons. The first-order chi connectivity index (χ1) is 6.13. The fourth-order valence-corrected chi connectivity index (χ4v) is 3.03. The first-order valence-electron chi connectivity index (χ1n) is 6.13. The summed E-state index contributed by atoms with van der Waals surface area (Å²) in [5, 5.41) is 0. The van der Waals surface area contributed by atoms with E-state index in [1.165, 1.54) is 32.1 Å². The van der Waals surface area contributed by atoms with Crippen LogP contribution in [0.15, 0.2) is 0 Å². The zero-order valence-electron chi connectivity index (χ0n) is 9.84. The largest absolute Gasteiger partial charge is 0.0654 e. The van der Waals surface area contributed by atoms with Crippen molar-refractivity contribution in [1.29, 1.82) is 0 Å². The van der Waals surface area contributed by atoms with Crippen molar-refractivity contribution in [2.75, 3.05) is 0 Å². The van der Waals surface area contributed by atoms with E-state index < -0.39 is 0 Å². The molecular formula is C13H26. The van der Waals surface area contributed by atoms with Gasteiger partial charge in [0.2, 0.25) is 0 Å². The Kier molecular flexibility index (Phi) is 4.28. The molecule has 0 N–H and O–H groups in total. The lowest BCUT2D eigenvalue weighted by Gasteiger charge is -2.19. The van der Waals surface area contributed by atoms with Crippen molar-refractivity contribution >= 4 is 0 Å². The molecule has 0 radical (unpaired) electrons. The summed E-state index contributed by atoms with van der Waals surface area (Å²) < 4.78 is 0. The van der Waals surface area contributed by atoms with Crippen molar-refractivity contribution in [3.8, 4) is 0 Å². The first kappa shape index (κ1) is 11.1. The SMILES string of the molecule is CCCC1CC(C)CC(C)C(C)C1. The van der Waals surface area contributed by atoms with Crippen molar-refractivity contribution in [2.45, 2.75) is 59.8 Å². The molecule has 0 saturated heterocycles. The van der Waals surface area contributed by atoms with E-state index in [1.807, 2.05) is 0 Å². The average molecular weight is 182 g/mol. The Bertz CT molecular complexity index is 139. The van der Waals surface area contributed by atoms with E-state index >= 15 is 0 Å². The summed E-state index contributed by atoms with van der Waals surface area (Å²) in [6.45, 7) is 9.65. The molecule has 0 aromatic carbocycles. The van der Waals surface area contributed by atoms with Crippen molar-refractivity contribution < 1.29 is 0 Å². The molecule has 4 atom stereocenters. The summed E-state index contributed by atoms with van der Waals surface area (Å²) in [6.07, 6.45) is 7.27. The monoisotopic (exact) mass is 182 g/mol. The Labute approximate surface area is 84.1 Å². The normalized spacial score (nSPS) is 41.5. The van der Waals surface area contributed by atoms with Crippen LogP contribution in [0.2, 0.25) is 0 Å². The zero-order valence-corrected chi connectivity index (χ0v) is 9.84. The molecule has 0 amide bonds.